The molecule has 7 heteroatoms. The van der Waals surface area contributed by atoms with E-state index >= 15 is 0 Å². The summed E-state index contributed by atoms with van der Waals surface area (Å²) in [7, 11) is 0. The Labute approximate surface area is 162 Å². The molecule has 1 N–H and O–H groups in total. The molecular formula is C21H20N2O5. The third kappa shape index (κ3) is 3.55. The quantitative estimate of drug-likeness (QED) is 0.860. The lowest BCUT2D eigenvalue weighted by molar-refractivity contribution is -0.141. The van der Waals surface area contributed by atoms with E-state index in [2.05, 4.69) is 5.10 Å². The van der Waals surface area contributed by atoms with Crippen molar-refractivity contribution in [3.8, 4) is 11.5 Å². The number of carboxylic acid groups (broad SMARTS) is 1. The van der Waals surface area contributed by atoms with E-state index in [4.69, 9.17) is 14.6 Å². The SMILES string of the molecule is Cc1cccc([C@@H]2CC(c3ccc4c(c3)OCO4)=NN2C(=O)CCC(=O)O)c1. The lowest BCUT2D eigenvalue weighted by Gasteiger charge is -2.22. The molecule has 2 aromatic carbocycles. The molecule has 28 heavy (non-hydrogen) atoms. The number of hydrazone groups is 1. The van der Waals surface area contributed by atoms with Crippen LogP contribution in [0.3, 0.4) is 0 Å². The van der Waals surface area contributed by atoms with Gasteiger partial charge in [0.15, 0.2) is 11.5 Å². The van der Waals surface area contributed by atoms with Crippen molar-refractivity contribution in [1.29, 1.82) is 0 Å². The highest BCUT2D eigenvalue weighted by Crippen LogP contribution is 2.37. The van der Waals surface area contributed by atoms with Crippen LogP contribution in [-0.4, -0.2) is 34.5 Å². The molecule has 0 unspecified atom stereocenters. The molecule has 2 aliphatic rings. The van der Waals surface area contributed by atoms with Gasteiger partial charge in [-0.05, 0) is 30.7 Å². The van der Waals surface area contributed by atoms with Gasteiger partial charge in [0.1, 0.15) is 0 Å². The third-order valence-corrected chi connectivity index (χ3v) is 4.85. The molecule has 0 radical (unpaired) electrons. The van der Waals surface area contributed by atoms with Crippen molar-refractivity contribution >= 4 is 17.6 Å². The molecule has 0 saturated carbocycles. The second kappa shape index (κ2) is 7.34. The van der Waals surface area contributed by atoms with Gasteiger partial charge in [-0.15, -0.1) is 0 Å². The Balaban J connectivity index is 1.65. The smallest absolute Gasteiger partial charge is 0.303 e. The molecule has 144 valence electrons. The van der Waals surface area contributed by atoms with E-state index in [1.807, 2.05) is 49.4 Å². The van der Waals surface area contributed by atoms with Crippen molar-refractivity contribution in [3.05, 3.63) is 59.2 Å². The summed E-state index contributed by atoms with van der Waals surface area (Å²) in [5.41, 5.74) is 3.68. The zero-order valence-corrected chi connectivity index (χ0v) is 15.4. The Kier molecular flexibility index (Phi) is 4.73. The minimum Gasteiger partial charge on any atom is -0.481 e. The van der Waals surface area contributed by atoms with E-state index in [0.717, 1.165) is 22.4 Å². The average Bonchev–Trinajstić information content (AvgIpc) is 3.32. The number of benzene rings is 2. The zero-order valence-electron chi connectivity index (χ0n) is 15.4. The van der Waals surface area contributed by atoms with Crippen LogP contribution >= 0.6 is 0 Å². The first-order valence-corrected chi connectivity index (χ1v) is 9.09. The Morgan fingerprint density at radius 1 is 1.14 bits per heavy atom. The molecule has 1 amide bonds. The summed E-state index contributed by atoms with van der Waals surface area (Å²) < 4.78 is 10.8. The minimum absolute atomic E-state index is 0.0877. The van der Waals surface area contributed by atoms with Gasteiger partial charge >= 0.3 is 5.97 Å². The van der Waals surface area contributed by atoms with Crippen molar-refractivity contribution in [2.24, 2.45) is 5.10 Å². The number of fused-ring (bicyclic) bond motifs is 1. The van der Waals surface area contributed by atoms with E-state index in [-0.39, 0.29) is 31.6 Å². The summed E-state index contributed by atoms with van der Waals surface area (Å²) in [5.74, 6) is 0.0409. The van der Waals surface area contributed by atoms with E-state index < -0.39 is 5.97 Å². The topological polar surface area (TPSA) is 88.4 Å². The van der Waals surface area contributed by atoms with Crippen molar-refractivity contribution in [2.45, 2.75) is 32.2 Å². The fraction of sp³-hybridized carbons (Fsp3) is 0.286. The first-order valence-electron chi connectivity index (χ1n) is 9.09. The summed E-state index contributed by atoms with van der Waals surface area (Å²) in [6.45, 7) is 2.19. The Bertz CT molecular complexity index is 969. The van der Waals surface area contributed by atoms with Crippen LogP contribution in [0, 0.1) is 6.92 Å². The van der Waals surface area contributed by atoms with Crippen LogP contribution < -0.4 is 9.47 Å². The van der Waals surface area contributed by atoms with E-state index in [1.54, 1.807) is 0 Å². The predicted octanol–water partition coefficient (Wildman–Crippen LogP) is 3.27. The van der Waals surface area contributed by atoms with Crippen molar-refractivity contribution < 1.29 is 24.2 Å². The number of aliphatic carboxylic acids is 1. The van der Waals surface area contributed by atoms with Crippen molar-refractivity contribution in [1.82, 2.24) is 5.01 Å². The number of ether oxygens (including phenoxy) is 2. The van der Waals surface area contributed by atoms with Gasteiger partial charge in [0.25, 0.3) is 0 Å². The zero-order chi connectivity index (χ0) is 19.7. The first-order chi connectivity index (χ1) is 13.5. The van der Waals surface area contributed by atoms with E-state index in [0.29, 0.717) is 17.9 Å². The standard InChI is InChI=1S/C21H20N2O5/c1-13-3-2-4-15(9-13)17-11-16(22-23(17)20(24)7-8-21(25)26)14-5-6-18-19(10-14)28-12-27-18/h2-6,9-10,17H,7-8,11-12H2,1H3,(H,25,26)/t17-/m0/s1. The molecule has 2 aliphatic heterocycles. The number of hydrogen-bond donors (Lipinski definition) is 1. The Hall–Kier alpha value is -3.35. The molecular weight excluding hydrogens is 360 g/mol. The van der Waals surface area contributed by atoms with Gasteiger partial charge in [-0.1, -0.05) is 29.8 Å². The average molecular weight is 380 g/mol. The molecule has 7 nitrogen and oxygen atoms in total. The Morgan fingerprint density at radius 3 is 2.75 bits per heavy atom. The number of aryl methyl sites for hydroxylation is 1. The van der Waals surface area contributed by atoms with Crippen LogP contribution in [0.1, 0.15) is 42.0 Å². The molecule has 0 saturated heterocycles. The molecule has 0 spiro atoms. The maximum Gasteiger partial charge on any atom is 0.303 e. The van der Waals surface area contributed by atoms with Gasteiger partial charge < -0.3 is 14.6 Å². The van der Waals surface area contributed by atoms with E-state index in [9.17, 15) is 9.59 Å². The molecule has 0 fully saturated rings. The minimum atomic E-state index is -1.00. The molecule has 0 aromatic heterocycles. The number of carbonyl (C=O) groups is 2. The third-order valence-electron chi connectivity index (χ3n) is 4.85. The Morgan fingerprint density at radius 2 is 1.96 bits per heavy atom. The molecule has 1 atom stereocenters. The molecule has 0 aliphatic carbocycles. The normalized spacial score (nSPS) is 17.5. The fourth-order valence-electron chi connectivity index (χ4n) is 3.46. The van der Waals surface area contributed by atoms with Gasteiger partial charge in [-0.25, -0.2) is 5.01 Å². The van der Waals surface area contributed by atoms with Crippen LogP contribution in [0.2, 0.25) is 0 Å². The van der Waals surface area contributed by atoms with Crippen molar-refractivity contribution in [2.75, 3.05) is 6.79 Å². The number of rotatable bonds is 5. The summed E-state index contributed by atoms with van der Waals surface area (Å²) in [6, 6.07) is 13.3. The van der Waals surface area contributed by atoms with E-state index in [1.165, 1.54) is 5.01 Å². The van der Waals surface area contributed by atoms with Crippen LogP contribution in [0.25, 0.3) is 0 Å². The second-order valence-electron chi connectivity index (χ2n) is 6.88. The van der Waals surface area contributed by atoms with Gasteiger partial charge in [0.05, 0.1) is 18.2 Å². The number of amides is 1. The van der Waals surface area contributed by atoms with Gasteiger partial charge in [-0.2, -0.15) is 5.10 Å². The number of hydrogen-bond acceptors (Lipinski definition) is 5. The second-order valence-corrected chi connectivity index (χ2v) is 6.88. The van der Waals surface area contributed by atoms with Crippen LogP contribution in [0.15, 0.2) is 47.6 Å². The largest absolute Gasteiger partial charge is 0.481 e. The van der Waals surface area contributed by atoms with Crippen molar-refractivity contribution in [3.63, 3.8) is 0 Å². The van der Waals surface area contributed by atoms with Gasteiger partial charge in [0.2, 0.25) is 12.7 Å². The molecule has 0 bridgehead atoms. The van der Waals surface area contributed by atoms with Crippen LogP contribution in [0.5, 0.6) is 11.5 Å². The highest BCUT2D eigenvalue weighted by Gasteiger charge is 2.33. The summed E-state index contributed by atoms with van der Waals surface area (Å²) in [5, 5.41) is 14.9. The lowest BCUT2D eigenvalue weighted by Crippen LogP contribution is -2.27. The molecule has 4 rings (SSSR count). The molecule has 2 aromatic rings. The maximum absolute atomic E-state index is 12.7. The lowest BCUT2D eigenvalue weighted by atomic mass is 9.97. The number of nitrogens with zero attached hydrogens (tertiary/aromatic N) is 2. The number of carbonyl (C=O) groups excluding carboxylic acids is 1. The van der Waals surface area contributed by atoms with Gasteiger partial charge in [-0.3, -0.25) is 9.59 Å². The first kappa shape index (κ1) is 18.0. The monoisotopic (exact) mass is 380 g/mol. The summed E-state index contributed by atoms with van der Waals surface area (Å²) in [4.78, 5) is 23.6. The summed E-state index contributed by atoms with van der Waals surface area (Å²) in [6.07, 6.45) is 0.238. The number of carboxylic acids is 1. The highest BCUT2D eigenvalue weighted by molar-refractivity contribution is 6.03. The predicted molar refractivity (Wildman–Crippen MR) is 101 cm³/mol. The van der Waals surface area contributed by atoms with Crippen LogP contribution in [-0.2, 0) is 9.59 Å². The maximum atomic E-state index is 12.7. The molecule has 2 heterocycles. The van der Waals surface area contributed by atoms with Crippen LogP contribution in [0.4, 0.5) is 0 Å². The van der Waals surface area contributed by atoms with Gasteiger partial charge in [0, 0.05) is 18.4 Å². The highest BCUT2D eigenvalue weighted by atomic mass is 16.7. The fourth-order valence-corrected chi connectivity index (χ4v) is 3.46. The summed E-state index contributed by atoms with van der Waals surface area (Å²) >= 11 is 0.